The van der Waals surface area contributed by atoms with Crippen molar-refractivity contribution in [2.75, 3.05) is 5.73 Å². The van der Waals surface area contributed by atoms with Crippen molar-refractivity contribution < 1.29 is 4.79 Å². The Morgan fingerprint density at radius 2 is 1.55 bits per heavy atom. The van der Waals surface area contributed by atoms with E-state index in [-0.39, 0.29) is 23.7 Å². The number of benzene rings is 2. The number of halogens is 1. The zero-order valence-corrected chi connectivity index (χ0v) is 14.0. The average molecular weight is 319 g/mol. The van der Waals surface area contributed by atoms with E-state index in [9.17, 15) is 4.79 Å². The van der Waals surface area contributed by atoms with Gasteiger partial charge in [-0.15, -0.1) is 12.4 Å². The van der Waals surface area contributed by atoms with Crippen LogP contribution in [0.25, 0.3) is 0 Å². The molecule has 118 valence electrons. The Kier molecular flexibility index (Phi) is 6.01. The highest BCUT2D eigenvalue weighted by molar-refractivity contribution is 5.94. The van der Waals surface area contributed by atoms with Crippen molar-refractivity contribution >= 4 is 24.0 Å². The molecule has 0 saturated heterocycles. The summed E-state index contributed by atoms with van der Waals surface area (Å²) in [5.74, 6) is -0.0881. The first-order valence-corrected chi connectivity index (χ1v) is 7.09. The molecule has 0 aromatic heterocycles. The van der Waals surface area contributed by atoms with E-state index in [1.54, 1.807) is 24.3 Å². The van der Waals surface area contributed by atoms with Crippen LogP contribution in [-0.2, 0) is 12.0 Å². The number of carbonyl (C=O) groups is 1. The van der Waals surface area contributed by atoms with E-state index in [4.69, 9.17) is 5.73 Å². The van der Waals surface area contributed by atoms with Gasteiger partial charge in [0.1, 0.15) is 0 Å². The third-order valence-electron chi connectivity index (χ3n) is 3.45. The lowest BCUT2D eigenvalue weighted by atomic mass is 9.87. The number of amides is 1. The van der Waals surface area contributed by atoms with Crippen molar-refractivity contribution in [3.63, 3.8) is 0 Å². The second-order valence-electron chi connectivity index (χ2n) is 6.25. The van der Waals surface area contributed by atoms with Gasteiger partial charge in [-0.05, 0) is 40.8 Å². The zero-order valence-electron chi connectivity index (χ0n) is 13.2. The Morgan fingerprint density at radius 1 is 1.00 bits per heavy atom. The summed E-state index contributed by atoms with van der Waals surface area (Å²) < 4.78 is 0. The van der Waals surface area contributed by atoms with Gasteiger partial charge < -0.3 is 11.1 Å². The molecule has 0 spiro atoms. The van der Waals surface area contributed by atoms with Crippen LogP contribution in [0.1, 0.15) is 42.3 Å². The second-order valence-corrected chi connectivity index (χ2v) is 6.25. The minimum atomic E-state index is -0.0881. The number of hydrogen-bond acceptors (Lipinski definition) is 2. The van der Waals surface area contributed by atoms with Crippen LogP contribution in [0.2, 0.25) is 0 Å². The molecule has 0 radical (unpaired) electrons. The predicted molar refractivity (Wildman–Crippen MR) is 94.4 cm³/mol. The van der Waals surface area contributed by atoms with Crippen molar-refractivity contribution in [3.05, 3.63) is 65.2 Å². The van der Waals surface area contributed by atoms with Crippen LogP contribution in [0.15, 0.2) is 48.5 Å². The number of nitrogen functional groups attached to an aromatic ring is 1. The standard InChI is InChI=1S/C18H22N2O.ClH/c1-18(2,3)15-8-4-13(5-9-15)12-20-17(21)14-6-10-16(19)11-7-14;/h4-11H,12,19H2,1-3H3,(H,20,21);1H. The van der Waals surface area contributed by atoms with E-state index < -0.39 is 0 Å². The summed E-state index contributed by atoms with van der Waals surface area (Å²) in [6.45, 7) is 7.08. The van der Waals surface area contributed by atoms with Gasteiger partial charge in [-0.1, -0.05) is 45.0 Å². The molecule has 0 aliphatic rings. The second kappa shape index (κ2) is 7.32. The van der Waals surface area contributed by atoms with Crippen LogP contribution in [0.4, 0.5) is 5.69 Å². The fraction of sp³-hybridized carbons (Fsp3) is 0.278. The SMILES string of the molecule is CC(C)(C)c1ccc(CNC(=O)c2ccc(N)cc2)cc1.Cl. The Bertz CT molecular complexity index is 613. The van der Waals surface area contributed by atoms with Gasteiger partial charge in [0.25, 0.3) is 5.91 Å². The van der Waals surface area contributed by atoms with Crippen molar-refractivity contribution in [1.82, 2.24) is 5.32 Å². The molecule has 2 aromatic carbocycles. The monoisotopic (exact) mass is 318 g/mol. The fourth-order valence-corrected chi connectivity index (χ4v) is 2.04. The van der Waals surface area contributed by atoms with Crippen LogP contribution in [0.5, 0.6) is 0 Å². The lowest BCUT2D eigenvalue weighted by Crippen LogP contribution is -2.22. The van der Waals surface area contributed by atoms with E-state index >= 15 is 0 Å². The molecule has 0 bridgehead atoms. The molecule has 1 amide bonds. The van der Waals surface area contributed by atoms with Gasteiger partial charge in [-0.3, -0.25) is 4.79 Å². The minimum Gasteiger partial charge on any atom is -0.399 e. The molecule has 4 heteroatoms. The van der Waals surface area contributed by atoms with Gasteiger partial charge >= 0.3 is 0 Å². The predicted octanol–water partition coefficient (Wildman–Crippen LogP) is 3.92. The highest BCUT2D eigenvalue weighted by Gasteiger charge is 2.13. The van der Waals surface area contributed by atoms with Gasteiger partial charge in [-0.25, -0.2) is 0 Å². The molecule has 3 N–H and O–H groups in total. The number of rotatable bonds is 3. The molecule has 0 aliphatic carbocycles. The van der Waals surface area contributed by atoms with Crippen molar-refractivity contribution in [2.24, 2.45) is 0 Å². The highest BCUT2D eigenvalue weighted by Crippen LogP contribution is 2.22. The van der Waals surface area contributed by atoms with Gasteiger partial charge in [0, 0.05) is 17.8 Å². The molecule has 2 rings (SSSR count). The highest BCUT2D eigenvalue weighted by atomic mass is 35.5. The van der Waals surface area contributed by atoms with Crippen LogP contribution in [0, 0.1) is 0 Å². The van der Waals surface area contributed by atoms with Crippen LogP contribution < -0.4 is 11.1 Å². The Hall–Kier alpha value is -2.00. The fourth-order valence-electron chi connectivity index (χ4n) is 2.04. The first-order chi connectivity index (χ1) is 9.86. The molecule has 3 nitrogen and oxygen atoms in total. The average Bonchev–Trinajstić information content (AvgIpc) is 2.45. The third kappa shape index (κ3) is 4.78. The lowest BCUT2D eigenvalue weighted by molar-refractivity contribution is 0.0951. The summed E-state index contributed by atoms with van der Waals surface area (Å²) in [6.07, 6.45) is 0. The van der Waals surface area contributed by atoms with E-state index in [2.05, 4.69) is 50.4 Å². The Labute approximate surface area is 138 Å². The maximum Gasteiger partial charge on any atom is 0.251 e. The van der Waals surface area contributed by atoms with Crippen molar-refractivity contribution in [1.29, 1.82) is 0 Å². The van der Waals surface area contributed by atoms with Crippen molar-refractivity contribution in [3.8, 4) is 0 Å². The van der Waals surface area contributed by atoms with Gasteiger partial charge in [0.05, 0.1) is 0 Å². The van der Waals surface area contributed by atoms with Crippen LogP contribution in [0.3, 0.4) is 0 Å². The molecular weight excluding hydrogens is 296 g/mol. The van der Waals surface area contributed by atoms with Gasteiger partial charge in [0.15, 0.2) is 0 Å². The van der Waals surface area contributed by atoms with E-state index in [1.165, 1.54) is 5.56 Å². The Balaban J connectivity index is 0.00000242. The molecule has 0 aliphatic heterocycles. The number of nitrogens with one attached hydrogen (secondary N) is 1. The largest absolute Gasteiger partial charge is 0.399 e. The molecule has 0 heterocycles. The Morgan fingerprint density at radius 3 is 2.05 bits per heavy atom. The summed E-state index contributed by atoms with van der Waals surface area (Å²) in [6, 6.07) is 15.3. The van der Waals surface area contributed by atoms with E-state index in [1.807, 2.05) is 0 Å². The summed E-state index contributed by atoms with van der Waals surface area (Å²) >= 11 is 0. The summed E-state index contributed by atoms with van der Waals surface area (Å²) in [5, 5.41) is 2.91. The normalized spacial score (nSPS) is 10.7. The van der Waals surface area contributed by atoms with E-state index in [0.717, 1.165) is 5.56 Å². The van der Waals surface area contributed by atoms with Crippen LogP contribution >= 0.6 is 12.4 Å². The molecular formula is C18H23ClN2O. The molecule has 0 fully saturated rings. The lowest BCUT2D eigenvalue weighted by Gasteiger charge is -2.19. The molecule has 0 atom stereocenters. The summed E-state index contributed by atoms with van der Waals surface area (Å²) in [5.41, 5.74) is 9.41. The molecule has 0 unspecified atom stereocenters. The number of anilines is 1. The maximum absolute atomic E-state index is 12.0. The maximum atomic E-state index is 12.0. The summed E-state index contributed by atoms with van der Waals surface area (Å²) in [7, 11) is 0. The number of carbonyl (C=O) groups excluding carboxylic acids is 1. The van der Waals surface area contributed by atoms with Gasteiger partial charge in [-0.2, -0.15) is 0 Å². The van der Waals surface area contributed by atoms with Crippen LogP contribution in [-0.4, -0.2) is 5.91 Å². The molecule has 2 aromatic rings. The zero-order chi connectivity index (χ0) is 15.5. The molecule has 22 heavy (non-hydrogen) atoms. The smallest absolute Gasteiger partial charge is 0.251 e. The van der Waals surface area contributed by atoms with Crippen molar-refractivity contribution in [2.45, 2.75) is 32.7 Å². The quantitative estimate of drug-likeness (QED) is 0.843. The molecule has 0 saturated carbocycles. The minimum absolute atomic E-state index is 0. The number of nitrogens with two attached hydrogens (primary N) is 1. The third-order valence-corrected chi connectivity index (χ3v) is 3.45. The first kappa shape index (κ1) is 18.1. The number of hydrogen-bond donors (Lipinski definition) is 2. The topological polar surface area (TPSA) is 55.1 Å². The first-order valence-electron chi connectivity index (χ1n) is 7.09. The van der Waals surface area contributed by atoms with Gasteiger partial charge in [0.2, 0.25) is 0 Å². The van der Waals surface area contributed by atoms with E-state index in [0.29, 0.717) is 17.8 Å². The summed E-state index contributed by atoms with van der Waals surface area (Å²) in [4.78, 5) is 12.0.